The zero-order valence-electron chi connectivity index (χ0n) is 14.9. The Hall–Kier alpha value is -0.109. The van der Waals surface area contributed by atoms with E-state index in [9.17, 15) is 0 Å². The average Bonchev–Trinajstić information content (AvgIpc) is 2.82. The number of fused-ring (bicyclic) bond motifs is 3. The third-order valence-corrected chi connectivity index (χ3v) is 9.21. The predicted octanol–water partition coefficient (Wildman–Crippen LogP) is 5.35. The molecule has 5 unspecified atom stereocenters. The topological polar surface area (TPSA) is 0 Å². The maximum atomic E-state index is 3.66. The summed E-state index contributed by atoms with van der Waals surface area (Å²) in [5, 5.41) is 5.20. The van der Waals surface area contributed by atoms with Crippen LogP contribution in [0, 0.1) is 23.7 Å². The van der Waals surface area contributed by atoms with Crippen molar-refractivity contribution in [1.29, 1.82) is 0 Å². The molecular formula is C21H37SiTi. The molecule has 0 spiro atoms. The molecule has 0 aliphatic heterocycles. The summed E-state index contributed by atoms with van der Waals surface area (Å²) in [6.45, 7) is 11.2. The first-order valence-corrected chi connectivity index (χ1v) is 12.9. The summed E-state index contributed by atoms with van der Waals surface area (Å²) in [7, 11) is 0. The molecule has 23 heavy (non-hydrogen) atoms. The van der Waals surface area contributed by atoms with Gasteiger partial charge in [0.25, 0.3) is 0 Å². The van der Waals surface area contributed by atoms with E-state index in [0.717, 1.165) is 39.0 Å². The molecule has 0 radical (unpaired) electrons. The third-order valence-electron chi connectivity index (χ3n) is 5.86. The molecule has 0 heterocycles. The smallest absolute Gasteiger partial charge is 0.0149 e. The molecule has 2 heteroatoms. The molecule has 3 aliphatic rings. The van der Waals surface area contributed by atoms with E-state index in [1.54, 1.807) is 6.42 Å². The molecule has 0 bridgehead atoms. The van der Waals surface area contributed by atoms with Gasteiger partial charge in [-0.3, -0.25) is 0 Å². The second-order valence-electron chi connectivity index (χ2n) is 7.70. The predicted molar refractivity (Wildman–Crippen MR) is 107 cm³/mol. The fraction of sp³-hybridized carbons (Fsp3) is 0.619. The van der Waals surface area contributed by atoms with Crippen molar-refractivity contribution >= 4 is 11.0 Å². The molecule has 0 saturated heterocycles. The van der Waals surface area contributed by atoms with Crippen LogP contribution in [-0.2, 0) is 17.9 Å². The summed E-state index contributed by atoms with van der Waals surface area (Å²) in [6, 6.07) is 0. The first-order chi connectivity index (χ1) is 10.4. The summed E-state index contributed by atoms with van der Waals surface area (Å²) in [5.41, 5.74) is 2.13. The van der Waals surface area contributed by atoms with Crippen molar-refractivity contribution in [2.75, 3.05) is 0 Å². The van der Waals surface area contributed by atoms with Crippen molar-refractivity contribution in [3.8, 4) is 0 Å². The van der Waals surface area contributed by atoms with Crippen molar-refractivity contribution in [3.63, 3.8) is 0 Å². The number of hydrogen-bond acceptors (Lipinski definition) is 0. The van der Waals surface area contributed by atoms with Crippen LogP contribution in [0.1, 0.15) is 39.5 Å². The molecule has 2 fully saturated rings. The van der Waals surface area contributed by atoms with Gasteiger partial charge in [0, 0.05) is 0 Å². The first-order valence-electron chi connectivity index (χ1n) is 8.90. The van der Waals surface area contributed by atoms with Crippen LogP contribution in [0.15, 0.2) is 48.6 Å². The van der Waals surface area contributed by atoms with Crippen LogP contribution >= 0.6 is 0 Å². The van der Waals surface area contributed by atoms with Crippen molar-refractivity contribution in [2.45, 2.75) is 54.2 Å². The summed E-state index contributed by atoms with van der Waals surface area (Å²) in [5.74, 6) is 4.00. The maximum Gasteiger partial charge on any atom is -0.0149 e. The van der Waals surface area contributed by atoms with Crippen LogP contribution in [0.5, 0.6) is 0 Å². The quantitative estimate of drug-likeness (QED) is 0.457. The molecular weight excluding hydrogens is 328 g/mol. The van der Waals surface area contributed by atoms with E-state index >= 15 is 0 Å². The molecule has 2 saturated carbocycles. The van der Waals surface area contributed by atoms with Crippen molar-refractivity contribution in [1.82, 2.24) is 0 Å². The Bertz CT molecular complexity index is 462. The molecule has 3 aliphatic carbocycles. The second kappa shape index (κ2) is 9.39. The van der Waals surface area contributed by atoms with Gasteiger partial charge in [0.1, 0.15) is 0 Å². The Morgan fingerprint density at radius 2 is 1.35 bits per heavy atom. The van der Waals surface area contributed by atoms with Crippen LogP contribution in [0.3, 0.4) is 0 Å². The van der Waals surface area contributed by atoms with Gasteiger partial charge < -0.3 is 0 Å². The minimum Gasteiger partial charge on any atom is -0.0149 e. The summed E-state index contributed by atoms with van der Waals surface area (Å²) in [4.78, 5) is 0. The minimum atomic E-state index is -0.767. The van der Waals surface area contributed by atoms with Gasteiger partial charge in [0.05, 0.1) is 0 Å². The summed E-state index contributed by atoms with van der Waals surface area (Å²) >= 11 is -0.767. The Morgan fingerprint density at radius 3 is 1.83 bits per heavy atom. The zero-order chi connectivity index (χ0) is 16.3. The van der Waals surface area contributed by atoms with E-state index in [1.807, 2.05) is 13.8 Å². The molecule has 0 amide bonds. The van der Waals surface area contributed by atoms with E-state index < -0.39 is 17.9 Å². The van der Waals surface area contributed by atoms with Gasteiger partial charge >= 0.3 is 106 Å². The van der Waals surface area contributed by atoms with Gasteiger partial charge in [-0.05, 0) is 24.8 Å². The molecule has 0 N–H and O–H groups in total. The van der Waals surface area contributed by atoms with Gasteiger partial charge in [-0.1, -0.05) is 24.3 Å². The number of allylic oxidation sites excluding steroid dienone is 6. The fourth-order valence-electron chi connectivity index (χ4n) is 4.64. The van der Waals surface area contributed by atoms with Crippen LogP contribution in [-0.4, -0.2) is 11.0 Å². The van der Waals surface area contributed by atoms with Gasteiger partial charge in [-0.2, -0.15) is 0 Å². The molecule has 0 aromatic carbocycles. The first kappa shape index (κ1) is 20.9. The third kappa shape index (κ3) is 4.94. The molecule has 0 aromatic rings. The van der Waals surface area contributed by atoms with E-state index in [-0.39, 0.29) is 11.0 Å². The standard InChI is InChI=1S/C13H17.C6H10.2CH3.H4Si.Ti/c1-3-7-12-10(5-1)9-11-6-2-4-8-13(11)12;1-5(2)6(3)4;;;;/h1,3,5,7,9-13H,2,4,6,8H2;1,3H2,2,4H3;2*1H3;1H4;. The van der Waals surface area contributed by atoms with Gasteiger partial charge in [-0.15, -0.1) is 0 Å². The van der Waals surface area contributed by atoms with Crippen molar-refractivity contribution in [2.24, 2.45) is 23.7 Å². The fourth-order valence-corrected chi connectivity index (χ4v) is 8.35. The Kier molecular flexibility index (Phi) is 8.55. The molecule has 129 valence electrons. The van der Waals surface area contributed by atoms with E-state index in [1.165, 1.54) is 19.3 Å². The van der Waals surface area contributed by atoms with E-state index in [4.69, 9.17) is 0 Å². The van der Waals surface area contributed by atoms with E-state index in [2.05, 4.69) is 47.9 Å². The second-order valence-corrected chi connectivity index (χ2v) is 12.1. The molecule has 5 atom stereocenters. The van der Waals surface area contributed by atoms with Crippen LogP contribution in [0.4, 0.5) is 0 Å². The average molecular weight is 365 g/mol. The van der Waals surface area contributed by atoms with E-state index in [0.29, 0.717) is 0 Å². The normalized spacial score (nSPS) is 33.5. The monoisotopic (exact) mass is 365 g/mol. The van der Waals surface area contributed by atoms with Gasteiger partial charge in [0.15, 0.2) is 0 Å². The minimum absolute atomic E-state index is 0. The Morgan fingerprint density at radius 1 is 0.870 bits per heavy atom. The SMILES string of the molecule is C=C(C)C(=C)C.[CH3][Ti]([CH3])[CH]1C2C=CC=CC2C2CCCCC21.[SiH4]. The zero-order valence-corrected chi connectivity index (χ0v) is 16.5. The Labute approximate surface area is 155 Å². The van der Waals surface area contributed by atoms with Crippen LogP contribution in [0.25, 0.3) is 0 Å². The van der Waals surface area contributed by atoms with Crippen molar-refractivity contribution < 1.29 is 17.9 Å². The largest absolute Gasteiger partial charge is 0.0149 e. The molecule has 0 aromatic heterocycles. The Balaban J connectivity index is 0.000000330. The molecule has 3 rings (SSSR count). The van der Waals surface area contributed by atoms with Crippen LogP contribution in [0.2, 0.25) is 14.7 Å². The number of rotatable bonds is 2. The maximum absolute atomic E-state index is 3.66. The summed E-state index contributed by atoms with van der Waals surface area (Å²) < 4.78 is 1.12. The van der Waals surface area contributed by atoms with Crippen LogP contribution < -0.4 is 0 Å². The summed E-state index contributed by atoms with van der Waals surface area (Å²) in [6.07, 6.45) is 15.8. The van der Waals surface area contributed by atoms with Crippen molar-refractivity contribution in [3.05, 3.63) is 48.6 Å². The molecule has 0 nitrogen and oxygen atoms in total. The number of hydrogen-bond donors (Lipinski definition) is 0. The van der Waals surface area contributed by atoms with Gasteiger partial charge in [-0.25, -0.2) is 0 Å². The van der Waals surface area contributed by atoms with Gasteiger partial charge in [0.2, 0.25) is 0 Å².